The van der Waals surface area contributed by atoms with Gasteiger partial charge in [-0.1, -0.05) is 50.2 Å². The fraction of sp³-hybridized carbons (Fsp3) is 0.235. The lowest BCUT2D eigenvalue weighted by Crippen LogP contribution is -1.94. The number of carbonyl (C=O) groups excluding carboxylic acids is 1. The van der Waals surface area contributed by atoms with Gasteiger partial charge in [0.2, 0.25) is 0 Å². The zero-order valence-corrected chi connectivity index (χ0v) is 12.9. The van der Waals surface area contributed by atoms with E-state index in [1.54, 1.807) is 10.7 Å². The fourth-order valence-corrected chi connectivity index (χ4v) is 1.86. The molecule has 0 saturated carbocycles. The molecule has 3 rings (SSSR count). The van der Waals surface area contributed by atoms with Crippen molar-refractivity contribution in [2.75, 3.05) is 0 Å². The van der Waals surface area contributed by atoms with Crippen molar-refractivity contribution in [1.82, 2.24) is 14.6 Å². The minimum atomic E-state index is 0.670. The van der Waals surface area contributed by atoms with Crippen LogP contribution in [0.15, 0.2) is 48.9 Å². The van der Waals surface area contributed by atoms with Crippen LogP contribution in [0.3, 0.4) is 0 Å². The first-order valence-corrected chi connectivity index (χ1v) is 6.98. The summed E-state index contributed by atoms with van der Waals surface area (Å²) in [6, 6.07) is 12.0. The number of rotatable bonds is 1. The number of hydrogen-bond donors (Lipinski definition) is 0. The summed E-state index contributed by atoms with van der Waals surface area (Å²) >= 11 is 0. The van der Waals surface area contributed by atoms with Crippen molar-refractivity contribution in [3.63, 3.8) is 0 Å². The quantitative estimate of drug-likeness (QED) is 0.637. The van der Waals surface area contributed by atoms with Gasteiger partial charge >= 0.3 is 0 Å². The van der Waals surface area contributed by atoms with E-state index in [1.807, 2.05) is 64.1 Å². The monoisotopic (exact) mass is 283 g/mol. The summed E-state index contributed by atoms with van der Waals surface area (Å²) in [4.78, 5) is 14.7. The Morgan fingerprint density at radius 3 is 1.95 bits per heavy atom. The molecule has 21 heavy (non-hydrogen) atoms. The first kappa shape index (κ1) is 16.6. The van der Waals surface area contributed by atoms with E-state index < -0.39 is 0 Å². The number of hydrogen-bond acceptors (Lipinski definition) is 3. The van der Waals surface area contributed by atoms with E-state index >= 15 is 0 Å². The van der Waals surface area contributed by atoms with E-state index in [2.05, 4.69) is 10.1 Å². The number of aromatic nitrogens is 3. The lowest BCUT2D eigenvalue weighted by Gasteiger charge is -1.96. The zero-order valence-electron chi connectivity index (χ0n) is 12.9. The summed E-state index contributed by atoms with van der Waals surface area (Å²) in [5, 5.41) is 4.02. The molecule has 0 amide bonds. The average Bonchev–Trinajstić information content (AvgIpc) is 2.89. The van der Waals surface area contributed by atoms with Gasteiger partial charge in [-0.2, -0.15) is 5.10 Å². The molecular weight excluding hydrogens is 262 g/mol. The lowest BCUT2D eigenvalue weighted by atomic mass is 10.2. The Labute approximate surface area is 125 Å². The summed E-state index contributed by atoms with van der Waals surface area (Å²) in [6.07, 6.45) is 4.03. The molecule has 1 aromatic carbocycles. The summed E-state index contributed by atoms with van der Waals surface area (Å²) < 4.78 is 1.68. The fourth-order valence-electron chi connectivity index (χ4n) is 1.86. The van der Waals surface area contributed by atoms with E-state index in [0.717, 1.165) is 23.1 Å². The van der Waals surface area contributed by atoms with Crippen molar-refractivity contribution in [2.45, 2.75) is 27.7 Å². The van der Waals surface area contributed by atoms with Crippen LogP contribution in [-0.2, 0) is 0 Å². The highest BCUT2D eigenvalue weighted by Crippen LogP contribution is 2.16. The Morgan fingerprint density at radius 2 is 1.52 bits per heavy atom. The van der Waals surface area contributed by atoms with Gasteiger partial charge in [0, 0.05) is 11.8 Å². The summed E-state index contributed by atoms with van der Waals surface area (Å²) in [5.74, 6) is 0. The second-order valence-corrected chi connectivity index (χ2v) is 4.12. The van der Waals surface area contributed by atoms with Crippen LogP contribution in [0.4, 0.5) is 0 Å². The third-order valence-electron chi connectivity index (χ3n) is 2.84. The molecule has 0 radical (unpaired) electrons. The average molecular weight is 283 g/mol. The number of aldehydes is 1. The number of fused-ring (bicyclic) bond motifs is 1. The highest BCUT2D eigenvalue weighted by atomic mass is 16.1. The minimum Gasteiger partial charge on any atom is -0.298 e. The molecule has 0 aliphatic rings. The van der Waals surface area contributed by atoms with Gasteiger partial charge < -0.3 is 0 Å². The molecular formula is C17H21N3O. The molecule has 0 spiro atoms. The maximum absolute atomic E-state index is 10.6. The van der Waals surface area contributed by atoms with Gasteiger partial charge in [-0.25, -0.2) is 9.50 Å². The first-order valence-electron chi connectivity index (χ1n) is 6.98. The van der Waals surface area contributed by atoms with Crippen molar-refractivity contribution in [1.29, 1.82) is 0 Å². The van der Waals surface area contributed by atoms with E-state index in [1.165, 1.54) is 6.33 Å². The molecule has 2 heterocycles. The molecule has 0 N–H and O–H groups in total. The van der Waals surface area contributed by atoms with Crippen LogP contribution < -0.4 is 0 Å². The smallest absolute Gasteiger partial charge is 0.151 e. The van der Waals surface area contributed by atoms with Gasteiger partial charge in [-0.05, 0) is 19.4 Å². The summed E-state index contributed by atoms with van der Waals surface area (Å²) in [6.45, 7) is 7.80. The maximum atomic E-state index is 10.6. The molecule has 0 unspecified atom stereocenters. The second-order valence-electron chi connectivity index (χ2n) is 4.12. The molecule has 0 atom stereocenters. The van der Waals surface area contributed by atoms with Gasteiger partial charge in [-0.3, -0.25) is 4.79 Å². The van der Waals surface area contributed by atoms with Gasteiger partial charge in [0.1, 0.15) is 6.33 Å². The predicted molar refractivity (Wildman–Crippen MR) is 85.6 cm³/mol. The Bertz CT molecular complexity index is 648. The maximum Gasteiger partial charge on any atom is 0.151 e. The van der Waals surface area contributed by atoms with E-state index in [4.69, 9.17) is 0 Å². The topological polar surface area (TPSA) is 47.3 Å². The summed E-state index contributed by atoms with van der Waals surface area (Å²) in [7, 11) is 0. The van der Waals surface area contributed by atoms with Gasteiger partial charge in [0.25, 0.3) is 0 Å². The van der Waals surface area contributed by atoms with Crippen LogP contribution in [0.25, 0.3) is 5.52 Å². The van der Waals surface area contributed by atoms with Crippen molar-refractivity contribution < 1.29 is 4.79 Å². The minimum absolute atomic E-state index is 0.670. The normalized spacial score (nSPS) is 9.14. The van der Waals surface area contributed by atoms with Crippen molar-refractivity contribution in [3.05, 3.63) is 65.7 Å². The molecule has 0 saturated heterocycles. The largest absolute Gasteiger partial charge is 0.298 e. The number of nitrogens with zero attached hydrogens (tertiary/aromatic N) is 3. The number of aryl methyl sites for hydroxylation is 2. The SMILES string of the molecule is CC.Cc1ncnn2cc(C=O)c(C)c12.c1ccccc1. The molecule has 0 fully saturated rings. The lowest BCUT2D eigenvalue weighted by molar-refractivity contribution is 0.112. The predicted octanol–water partition coefficient (Wildman–Crippen LogP) is 3.87. The van der Waals surface area contributed by atoms with Crippen molar-refractivity contribution >= 4 is 11.8 Å². The van der Waals surface area contributed by atoms with Crippen molar-refractivity contribution in [2.24, 2.45) is 0 Å². The van der Waals surface area contributed by atoms with Crippen molar-refractivity contribution in [3.8, 4) is 0 Å². The number of benzene rings is 1. The molecule has 0 bridgehead atoms. The number of carbonyl (C=O) groups is 1. The third kappa shape index (κ3) is 4.24. The van der Waals surface area contributed by atoms with Crippen LogP contribution in [-0.4, -0.2) is 20.9 Å². The van der Waals surface area contributed by atoms with Crippen LogP contribution in [0.1, 0.15) is 35.5 Å². The Morgan fingerprint density at radius 1 is 1.00 bits per heavy atom. The van der Waals surface area contributed by atoms with Gasteiger partial charge in [0.15, 0.2) is 6.29 Å². The van der Waals surface area contributed by atoms with Crippen LogP contribution >= 0.6 is 0 Å². The Balaban J connectivity index is 0.000000231. The summed E-state index contributed by atoms with van der Waals surface area (Å²) in [5.41, 5.74) is 3.42. The zero-order chi connectivity index (χ0) is 15.7. The highest BCUT2D eigenvalue weighted by Gasteiger charge is 2.08. The second kappa shape index (κ2) is 8.64. The van der Waals surface area contributed by atoms with Crippen LogP contribution in [0, 0.1) is 13.8 Å². The standard InChI is InChI=1S/C9H9N3O.C6H6.C2H6/c1-6-8(4-13)3-12-9(6)7(2)10-5-11-12;1-2-4-6-5-3-1;1-2/h3-5H,1-2H3;1-6H;1-2H3. The molecule has 3 aromatic rings. The molecule has 4 nitrogen and oxygen atoms in total. The molecule has 0 aliphatic carbocycles. The molecule has 4 heteroatoms. The van der Waals surface area contributed by atoms with E-state index in [-0.39, 0.29) is 0 Å². The third-order valence-corrected chi connectivity index (χ3v) is 2.84. The molecule has 2 aromatic heterocycles. The van der Waals surface area contributed by atoms with E-state index in [0.29, 0.717) is 5.56 Å². The highest BCUT2D eigenvalue weighted by molar-refractivity contribution is 5.82. The Hall–Kier alpha value is -2.49. The van der Waals surface area contributed by atoms with Crippen LogP contribution in [0.2, 0.25) is 0 Å². The van der Waals surface area contributed by atoms with Gasteiger partial charge in [-0.15, -0.1) is 0 Å². The van der Waals surface area contributed by atoms with E-state index in [9.17, 15) is 4.79 Å². The molecule has 0 aliphatic heterocycles. The first-order chi connectivity index (χ1) is 10.2. The molecule has 110 valence electrons. The van der Waals surface area contributed by atoms with Crippen LogP contribution in [0.5, 0.6) is 0 Å². The Kier molecular flexibility index (Phi) is 6.81. The van der Waals surface area contributed by atoms with Gasteiger partial charge in [0.05, 0.1) is 11.2 Å².